The second kappa shape index (κ2) is 15.2. The van der Waals surface area contributed by atoms with E-state index in [1.54, 1.807) is 24.9 Å². The van der Waals surface area contributed by atoms with Crippen molar-refractivity contribution < 1.29 is 18.4 Å². The number of piperidine rings is 1. The molecule has 0 saturated carbocycles. The van der Waals surface area contributed by atoms with Gasteiger partial charge in [-0.3, -0.25) is 19.1 Å². The molecule has 1 aliphatic heterocycles. The van der Waals surface area contributed by atoms with E-state index in [9.17, 15) is 23.2 Å². The fraction of sp³-hybridized carbons (Fsp3) is 0.325. The summed E-state index contributed by atoms with van der Waals surface area (Å²) in [6.45, 7) is 3.68. The first-order chi connectivity index (χ1) is 24.5. The van der Waals surface area contributed by atoms with Crippen LogP contribution in [-0.4, -0.2) is 74.0 Å². The molecule has 3 aromatic carbocycles. The maximum absolute atomic E-state index is 13.7. The third kappa shape index (κ3) is 7.97. The number of rotatable bonds is 9. The highest BCUT2D eigenvalue weighted by Crippen LogP contribution is 2.19. The fourth-order valence-corrected chi connectivity index (χ4v) is 6.47. The number of fused-ring (bicyclic) bond motifs is 1. The lowest BCUT2D eigenvalue weighted by molar-refractivity contribution is 0.0659. The van der Waals surface area contributed by atoms with E-state index in [4.69, 9.17) is 4.98 Å². The van der Waals surface area contributed by atoms with Crippen molar-refractivity contribution in [3.05, 3.63) is 128 Å². The zero-order chi connectivity index (χ0) is 36.2. The van der Waals surface area contributed by atoms with Crippen LogP contribution < -0.4 is 5.56 Å². The molecule has 9 nitrogen and oxygen atoms in total. The highest BCUT2D eigenvalue weighted by molar-refractivity contribution is 5.97. The van der Waals surface area contributed by atoms with Crippen molar-refractivity contribution in [2.75, 3.05) is 27.2 Å². The fourth-order valence-electron chi connectivity index (χ4n) is 6.47. The molecule has 1 aliphatic rings. The topological polar surface area (TPSA) is 93.3 Å². The molecule has 0 N–H and O–H groups in total. The highest BCUT2D eigenvalue weighted by Gasteiger charge is 2.25. The molecule has 51 heavy (non-hydrogen) atoms. The Bertz CT molecular complexity index is 2220. The van der Waals surface area contributed by atoms with Gasteiger partial charge in [0.05, 0.1) is 12.1 Å². The van der Waals surface area contributed by atoms with Gasteiger partial charge in [-0.2, -0.15) is 0 Å². The summed E-state index contributed by atoms with van der Waals surface area (Å²) in [7, 11) is 5.65. The van der Waals surface area contributed by atoms with Crippen LogP contribution in [0.4, 0.5) is 8.78 Å². The first-order valence-corrected chi connectivity index (χ1v) is 17.0. The minimum Gasteiger partial charge on any atom is -0.339 e. The summed E-state index contributed by atoms with van der Waals surface area (Å²) < 4.78 is 29.9. The Morgan fingerprint density at radius 2 is 1.69 bits per heavy atom. The molecular weight excluding hydrogens is 650 g/mol. The van der Waals surface area contributed by atoms with Crippen LogP contribution in [0.2, 0.25) is 0 Å². The van der Waals surface area contributed by atoms with Gasteiger partial charge in [0.25, 0.3) is 11.5 Å². The van der Waals surface area contributed by atoms with Crippen molar-refractivity contribution >= 4 is 22.6 Å². The van der Waals surface area contributed by atoms with Crippen molar-refractivity contribution in [1.82, 2.24) is 29.1 Å². The molecule has 11 heteroatoms. The number of carbonyl (C=O) groups excluding carboxylic acids is 2. The zero-order valence-corrected chi connectivity index (χ0v) is 29.2. The molecule has 1 saturated heterocycles. The monoisotopic (exact) mass is 690 g/mol. The van der Waals surface area contributed by atoms with Gasteiger partial charge >= 0.3 is 0 Å². The van der Waals surface area contributed by atoms with E-state index in [0.29, 0.717) is 29.1 Å². The van der Waals surface area contributed by atoms with E-state index in [2.05, 4.69) is 28.8 Å². The maximum Gasteiger partial charge on any atom is 0.278 e. The second-order valence-electron chi connectivity index (χ2n) is 13.2. The van der Waals surface area contributed by atoms with Crippen molar-refractivity contribution in [3.63, 3.8) is 0 Å². The quantitative estimate of drug-likeness (QED) is 0.149. The van der Waals surface area contributed by atoms with Crippen LogP contribution in [0.15, 0.2) is 71.7 Å². The molecule has 0 spiro atoms. The Balaban J connectivity index is 1.05. The van der Waals surface area contributed by atoms with Crippen molar-refractivity contribution in [3.8, 4) is 11.8 Å². The molecule has 262 valence electrons. The number of carbonyl (C=O) groups is 2. The first kappa shape index (κ1) is 35.4. The van der Waals surface area contributed by atoms with Crippen molar-refractivity contribution in [2.45, 2.75) is 51.6 Å². The molecule has 2 aromatic heterocycles. The Labute approximate surface area is 295 Å². The van der Waals surface area contributed by atoms with Crippen LogP contribution in [0.1, 0.15) is 74.6 Å². The van der Waals surface area contributed by atoms with Crippen LogP contribution in [-0.2, 0) is 20.0 Å². The standard InChI is InChI=1S/C40H40F2N6O3/c1-26-38(40(51)48(47(26)4)25-29-11-15-33(41)34(42)22-29)36(49)8-6-5-7-27-12-16-35-31(21-27)24-43-37(44-35)23-28-9-13-30(14-10-28)39(50)46(3)32-17-19-45(2)20-18-32/h9-16,21-22,24,32H,6,8,17-20,23,25H2,1-4H3. The number of hydrogen-bond acceptors (Lipinski definition) is 6. The third-order valence-electron chi connectivity index (χ3n) is 9.71. The third-order valence-corrected chi connectivity index (χ3v) is 9.71. The maximum atomic E-state index is 13.7. The Morgan fingerprint density at radius 3 is 2.41 bits per heavy atom. The predicted octanol–water partition coefficient (Wildman–Crippen LogP) is 5.54. The van der Waals surface area contributed by atoms with E-state index < -0.39 is 17.2 Å². The van der Waals surface area contributed by atoms with Crippen molar-refractivity contribution in [1.29, 1.82) is 0 Å². The lowest BCUT2D eigenvalue weighted by Gasteiger charge is -2.35. The van der Waals surface area contributed by atoms with Crippen molar-refractivity contribution in [2.24, 2.45) is 7.05 Å². The average molecular weight is 691 g/mol. The summed E-state index contributed by atoms with van der Waals surface area (Å²) in [5.41, 5.74) is 3.71. The minimum absolute atomic E-state index is 0.000222. The summed E-state index contributed by atoms with van der Waals surface area (Å²) in [5.74, 6) is 4.54. The van der Waals surface area contributed by atoms with Crippen LogP contribution >= 0.6 is 0 Å². The summed E-state index contributed by atoms with van der Waals surface area (Å²) in [6, 6.07) is 17.0. The van der Waals surface area contributed by atoms with Gasteiger partial charge in [-0.05, 0) is 93.5 Å². The molecule has 3 heterocycles. The largest absolute Gasteiger partial charge is 0.339 e. The number of benzene rings is 3. The SMILES string of the molecule is Cc1c(C(=O)CCC#Cc2ccc3nc(Cc4ccc(C(=O)N(C)C5CCN(C)CC5)cc4)ncc3c2)c(=O)n(Cc2ccc(F)c(F)c2)n1C. The zero-order valence-electron chi connectivity index (χ0n) is 29.2. The van der Waals surface area contributed by atoms with E-state index >= 15 is 0 Å². The number of halogens is 2. The molecule has 1 fully saturated rings. The first-order valence-electron chi connectivity index (χ1n) is 17.0. The van der Waals surface area contributed by atoms with E-state index in [0.717, 1.165) is 60.1 Å². The molecule has 0 atom stereocenters. The molecule has 1 amide bonds. The summed E-state index contributed by atoms with van der Waals surface area (Å²) in [6.07, 6.45) is 4.58. The van der Waals surface area contributed by atoms with Crippen LogP contribution in [0, 0.1) is 30.4 Å². The Hall–Kier alpha value is -5.47. The smallest absolute Gasteiger partial charge is 0.278 e. The van der Waals surface area contributed by atoms with Gasteiger partial charge in [-0.25, -0.2) is 23.4 Å². The van der Waals surface area contributed by atoms with Gasteiger partial charge in [-0.15, -0.1) is 0 Å². The number of amides is 1. The van der Waals surface area contributed by atoms with E-state index in [1.165, 1.54) is 10.7 Å². The molecule has 0 aliphatic carbocycles. The van der Waals surface area contributed by atoms with Gasteiger partial charge in [0, 0.05) is 67.8 Å². The molecular formula is C40H40F2N6O3. The molecule has 0 radical (unpaired) electrons. The van der Waals surface area contributed by atoms with E-state index in [1.807, 2.05) is 54.4 Å². The summed E-state index contributed by atoms with van der Waals surface area (Å²) in [5, 5.41) is 0.834. The lowest BCUT2D eigenvalue weighted by atomic mass is 10.0. The van der Waals surface area contributed by atoms with E-state index in [-0.39, 0.29) is 42.7 Å². The normalized spacial score (nSPS) is 13.6. The number of ketones is 1. The minimum atomic E-state index is -0.996. The summed E-state index contributed by atoms with van der Waals surface area (Å²) >= 11 is 0. The predicted molar refractivity (Wildman–Crippen MR) is 192 cm³/mol. The number of Topliss-reactive ketones (excluding diaryl/α,β-unsaturated/α-hetero) is 1. The Morgan fingerprint density at radius 1 is 0.961 bits per heavy atom. The summed E-state index contributed by atoms with van der Waals surface area (Å²) in [4.78, 5) is 52.7. The average Bonchev–Trinajstić information content (AvgIpc) is 3.34. The number of likely N-dealkylation sites (tertiary alicyclic amines) is 1. The number of hydrogen-bond donors (Lipinski definition) is 0. The van der Waals surface area contributed by atoms with Crippen LogP contribution in [0.25, 0.3) is 10.9 Å². The number of nitrogens with zero attached hydrogens (tertiary/aromatic N) is 6. The van der Waals surface area contributed by atoms with Gasteiger partial charge in [0.2, 0.25) is 0 Å². The molecule has 0 bridgehead atoms. The van der Waals surface area contributed by atoms with Gasteiger partial charge in [0.1, 0.15) is 11.4 Å². The molecule has 0 unspecified atom stereocenters. The lowest BCUT2D eigenvalue weighted by Crippen LogP contribution is -2.44. The molecule has 5 aromatic rings. The highest BCUT2D eigenvalue weighted by atomic mass is 19.2. The van der Waals surface area contributed by atoms with Crippen LogP contribution in [0.5, 0.6) is 0 Å². The Kier molecular flexibility index (Phi) is 10.5. The number of aromatic nitrogens is 4. The molecule has 6 rings (SSSR count). The second-order valence-corrected chi connectivity index (χ2v) is 13.2. The van der Waals surface area contributed by atoms with Crippen LogP contribution in [0.3, 0.4) is 0 Å². The van der Waals surface area contributed by atoms with Gasteiger partial charge in [0.15, 0.2) is 17.4 Å². The van der Waals surface area contributed by atoms with Gasteiger partial charge in [-0.1, -0.05) is 30.0 Å². The van der Waals surface area contributed by atoms with Gasteiger partial charge < -0.3 is 9.80 Å².